The number of amides is 1. The molecular formula is C33H47F4NO7S. The van der Waals surface area contributed by atoms with E-state index in [0.29, 0.717) is 48.3 Å². The molecular weight excluding hydrogens is 630 g/mol. The topological polar surface area (TPSA) is 122 Å². The molecule has 260 valence electrons. The molecule has 3 N–H and O–H groups in total. The van der Waals surface area contributed by atoms with E-state index in [0.717, 1.165) is 51.4 Å². The smallest absolute Gasteiger partial charge is 0.449 e. The highest BCUT2D eigenvalue weighted by atomic mass is 32.2. The normalized spacial score (nSPS) is 38.2. The molecule has 8 nitrogen and oxygen atoms in total. The lowest BCUT2D eigenvalue weighted by Crippen LogP contribution is -2.62. The van der Waals surface area contributed by atoms with Crippen LogP contribution in [0.4, 0.5) is 22.4 Å². The molecule has 5 rings (SSSR count). The summed E-state index contributed by atoms with van der Waals surface area (Å²) in [4.78, 5) is 11.6. The lowest BCUT2D eigenvalue weighted by atomic mass is 9.41. The molecule has 1 aromatic rings. The van der Waals surface area contributed by atoms with Crippen LogP contribution < -0.4 is 9.46 Å². The van der Waals surface area contributed by atoms with E-state index in [1.54, 1.807) is 4.72 Å². The molecule has 1 amide bonds. The Morgan fingerprint density at radius 2 is 1.74 bits per heavy atom. The number of hydrogen-bond donors (Lipinski definition) is 3. The van der Waals surface area contributed by atoms with Gasteiger partial charge in [-0.05, 0) is 122 Å². The van der Waals surface area contributed by atoms with Gasteiger partial charge in [-0.3, -0.25) is 0 Å². The second-order valence-electron chi connectivity index (χ2n) is 14.8. The minimum Gasteiger partial charge on any atom is -0.449 e. The van der Waals surface area contributed by atoms with Crippen molar-refractivity contribution in [1.29, 1.82) is 0 Å². The van der Waals surface area contributed by atoms with Crippen LogP contribution in [0.15, 0.2) is 23.1 Å². The van der Waals surface area contributed by atoms with Crippen LogP contribution in [0.2, 0.25) is 0 Å². The third-order valence-corrected chi connectivity index (χ3v) is 13.9. The van der Waals surface area contributed by atoms with Crippen molar-refractivity contribution in [3.05, 3.63) is 24.0 Å². The largest absolute Gasteiger partial charge is 0.573 e. The SMILES string of the molecule is CC[C@H]1[C@@H](O)[C@@H]2[C@H](CC[C@]3(C)[C@@H]([C@H](C)CCOC(=O)NS(=O)(=O)c4ccc(OC(F)(F)F)c(F)c4)CC[C@@H]23)[C@@]2(C)CC[C@@H](O)C[C@@H]12. The highest BCUT2D eigenvalue weighted by molar-refractivity contribution is 7.90. The Morgan fingerprint density at radius 3 is 2.39 bits per heavy atom. The number of aliphatic hydroxyl groups excluding tert-OH is 2. The zero-order valence-corrected chi connectivity index (χ0v) is 27.7. The molecule has 0 aliphatic heterocycles. The number of nitrogens with one attached hydrogen (secondary N) is 1. The maximum absolute atomic E-state index is 14.0. The number of alkyl halides is 3. The van der Waals surface area contributed by atoms with Gasteiger partial charge in [-0.1, -0.05) is 34.1 Å². The van der Waals surface area contributed by atoms with Gasteiger partial charge in [0, 0.05) is 0 Å². The van der Waals surface area contributed by atoms with Gasteiger partial charge in [-0.25, -0.2) is 22.3 Å². The molecule has 4 saturated carbocycles. The molecule has 0 heterocycles. The van der Waals surface area contributed by atoms with Crippen LogP contribution >= 0.6 is 0 Å². The molecule has 0 saturated heterocycles. The molecule has 13 heteroatoms. The third-order valence-electron chi connectivity index (χ3n) is 12.6. The van der Waals surface area contributed by atoms with Crippen molar-refractivity contribution in [2.75, 3.05) is 6.61 Å². The average Bonchev–Trinajstić information content (AvgIpc) is 3.31. The van der Waals surface area contributed by atoms with Crippen LogP contribution in [0, 0.1) is 58.1 Å². The highest BCUT2D eigenvalue weighted by Crippen LogP contribution is 2.69. The van der Waals surface area contributed by atoms with Gasteiger partial charge in [0.25, 0.3) is 10.0 Å². The number of benzene rings is 1. The molecule has 46 heavy (non-hydrogen) atoms. The summed E-state index contributed by atoms with van der Waals surface area (Å²) in [5, 5.41) is 22.4. The van der Waals surface area contributed by atoms with Crippen LogP contribution in [-0.4, -0.2) is 49.9 Å². The molecule has 0 radical (unpaired) electrons. The Kier molecular flexibility index (Phi) is 9.74. The van der Waals surface area contributed by atoms with E-state index in [1.165, 1.54) is 0 Å². The Labute approximate surface area is 268 Å². The molecule has 0 bridgehead atoms. The summed E-state index contributed by atoms with van der Waals surface area (Å²) in [6.07, 6.45) is 0.954. The number of carbonyl (C=O) groups excluding carboxylic acids is 1. The van der Waals surface area contributed by atoms with E-state index in [-0.39, 0.29) is 41.3 Å². The first kappa shape index (κ1) is 35.2. The van der Waals surface area contributed by atoms with Gasteiger partial charge >= 0.3 is 12.5 Å². The van der Waals surface area contributed by atoms with E-state index < -0.39 is 45.0 Å². The second-order valence-corrected chi connectivity index (χ2v) is 16.5. The van der Waals surface area contributed by atoms with Crippen LogP contribution in [0.25, 0.3) is 0 Å². The molecule has 4 aliphatic carbocycles. The van der Waals surface area contributed by atoms with E-state index in [1.807, 2.05) is 0 Å². The van der Waals surface area contributed by atoms with Crippen molar-refractivity contribution >= 4 is 16.1 Å². The van der Waals surface area contributed by atoms with Gasteiger partial charge in [-0.15, -0.1) is 13.2 Å². The van der Waals surface area contributed by atoms with Crippen molar-refractivity contribution in [2.24, 2.45) is 52.3 Å². The summed E-state index contributed by atoms with van der Waals surface area (Å²) in [5.41, 5.74) is 0.121. The summed E-state index contributed by atoms with van der Waals surface area (Å²) >= 11 is 0. The first-order valence-corrected chi connectivity index (χ1v) is 18.0. The molecule has 0 unspecified atom stereocenters. The van der Waals surface area contributed by atoms with Crippen molar-refractivity contribution in [2.45, 2.75) is 109 Å². The van der Waals surface area contributed by atoms with Crippen LogP contribution in [-0.2, 0) is 14.8 Å². The van der Waals surface area contributed by atoms with Gasteiger partial charge in [0.05, 0.1) is 23.7 Å². The van der Waals surface area contributed by atoms with Crippen LogP contribution in [0.1, 0.15) is 85.5 Å². The Balaban J connectivity index is 1.19. The fourth-order valence-corrected chi connectivity index (χ4v) is 11.4. The van der Waals surface area contributed by atoms with Crippen molar-refractivity contribution in [3.8, 4) is 5.75 Å². The first-order chi connectivity index (χ1) is 21.4. The summed E-state index contributed by atoms with van der Waals surface area (Å²) in [6, 6.07) is 1.53. The summed E-state index contributed by atoms with van der Waals surface area (Å²) in [6.45, 7) is 8.96. The maximum Gasteiger partial charge on any atom is 0.573 e. The molecule has 11 atom stereocenters. The van der Waals surface area contributed by atoms with Gasteiger partial charge < -0.3 is 19.7 Å². The standard InChI is InChI=1S/C33H47F4NO7S/c1-5-21-25-16-19(39)10-13-32(25,4)24-11-14-31(3)22(7-8-23(31)28(24)29(21)40)18(2)12-15-44-30(41)38-46(42,43)20-6-9-27(26(34)17-20)45-33(35,36)37/h6,9,17-19,21-25,28-29,39-40H,5,7-8,10-16H2,1-4H3,(H,38,41)/t18-,19-,21-,22-,23+,24+,25+,28+,29-,31-,32-/m1/s1. The Morgan fingerprint density at radius 1 is 1.07 bits per heavy atom. The maximum atomic E-state index is 14.0. The van der Waals surface area contributed by atoms with Crippen LogP contribution in [0.3, 0.4) is 0 Å². The van der Waals surface area contributed by atoms with Gasteiger partial charge in [-0.2, -0.15) is 0 Å². The summed E-state index contributed by atoms with van der Waals surface area (Å²) in [5.74, 6) is -0.767. The van der Waals surface area contributed by atoms with Gasteiger partial charge in [0.1, 0.15) is 0 Å². The van der Waals surface area contributed by atoms with Crippen LogP contribution in [0.5, 0.6) is 5.75 Å². The number of fused-ring (bicyclic) bond motifs is 5. The lowest BCUT2D eigenvalue weighted by Gasteiger charge is -2.64. The Bertz CT molecular complexity index is 1390. The summed E-state index contributed by atoms with van der Waals surface area (Å²) in [7, 11) is -4.61. The quantitative estimate of drug-likeness (QED) is 0.259. The van der Waals surface area contributed by atoms with E-state index in [9.17, 15) is 41.0 Å². The fourth-order valence-electron chi connectivity index (χ4n) is 10.5. The number of aliphatic hydroxyl groups is 2. The van der Waals surface area contributed by atoms with Crippen molar-refractivity contribution < 1.29 is 50.5 Å². The number of ether oxygens (including phenoxy) is 2. The fraction of sp³-hybridized carbons (Fsp3) is 0.788. The Hall–Kier alpha value is -2.12. The molecule has 1 aromatic carbocycles. The molecule has 0 spiro atoms. The minimum atomic E-state index is -5.16. The summed E-state index contributed by atoms with van der Waals surface area (Å²) < 4.78 is 86.7. The first-order valence-electron chi connectivity index (χ1n) is 16.5. The van der Waals surface area contributed by atoms with E-state index in [4.69, 9.17) is 4.74 Å². The number of hydrogen-bond acceptors (Lipinski definition) is 7. The average molecular weight is 678 g/mol. The van der Waals surface area contributed by atoms with Crippen molar-refractivity contribution in [1.82, 2.24) is 4.72 Å². The zero-order valence-electron chi connectivity index (χ0n) is 26.9. The van der Waals surface area contributed by atoms with Gasteiger partial charge in [0.15, 0.2) is 11.6 Å². The monoisotopic (exact) mass is 677 g/mol. The van der Waals surface area contributed by atoms with E-state index in [2.05, 4.69) is 32.4 Å². The van der Waals surface area contributed by atoms with Gasteiger partial charge in [0.2, 0.25) is 0 Å². The number of sulfonamides is 1. The zero-order chi connectivity index (χ0) is 33.8. The minimum absolute atomic E-state index is 0.00882. The highest BCUT2D eigenvalue weighted by Gasteiger charge is 2.64. The number of halogens is 4. The lowest BCUT2D eigenvalue weighted by molar-refractivity contribution is -0.275. The predicted octanol–water partition coefficient (Wildman–Crippen LogP) is 6.79. The number of carbonyl (C=O) groups is 1. The molecule has 0 aromatic heterocycles. The molecule has 4 aliphatic rings. The number of rotatable bonds is 8. The third kappa shape index (κ3) is 6.49. The second kappa shape index (κ2) is 12.7. The van der Waals surface area contributed by atoms with E-state index >= 15 is 0 Å². The molecule has 4 fully saturated rings. The van der Waals surface area contributed by atoms with Crippen molar-refractivity contribution in [3.63, 3.8) is 0 Å². The predicted molar refractivity (Wildman–Crippen MR) is 160 cm³/mol.